The molecule has 0 radical (unpaired) electrons. The van der Waals surface area contributed by atoms with Crippen LogP contribution in [-0.2, 0) is 17.9 Å². The van der Waals surface area contributed by atoms with Crippen LogP contribution in [-0.4, -0.2) is 51.7 Å². The van der Waals surface area contributed by atoms with Gasteiger partial charge in [0.15, 0.2) is 0 Å². The minimum Gasteiger partial charge on any atom is -0.480 e. The van der Waals surface area contributed by atoms with Gasteiger partial charge in [-0.1, -0.05) is 60.7 Å². The molecule has 2 aromatic rings. The van der Waals surface area contributed by atoms with E-state index in [1.807, 2.05) is 60.7 Å². The number of urea groups is 1. The molecule has 2 amide bonds. The van der Waals surface area contributed by atoms with Crippen molar-refractivity contribution in [1.29, 1.82) is 0 Å². The highest BCUT2D eigenvalue weighted by molar-refractivity contribution is 5.75. The number of aliphatic carboxylic acids is 1. The molecule has 1 aliphatic rings. The maximum absolute atomic E-state index is 12.8. The summed E-state index contributed by atoms with van der Waals surface area (Å²) in [6, 6.07) is 19.4. The van der Waals surface area contributed by atoms with Gasteiger partial charge in [-0.15, -0.1) is 0 Å². The van der Waals surface area contributed by atoms with Crippen molar-refractivity contribution in [2.24, 2.45) is 0 Å². The molecule has 6 heteroatoms. The number of benzene rings is 2. The van der Waals surface area contributed by atoms with E-state index in [1.165, 1.54) is 0 Å². The molecule has 3 rings (SSSR count). The third-order valence-corrected chi connectivity index (χ3v) is 4.07. The number of carbonyl (C=O) groups is 2. The van der Waals surface area contributed by atoms with Crippen LogP contribution in [0.3, 0.4) is 0 Å². The van der Waals surface area contributed by atoms with Gasteiger partial charge >= 0.3 is 12.0 Å². The summed E-state index contributed by atoms with van der Waals surface area (Å²) >= 11 is 0. The Morgan fingerprint density at radius 3 is 1.68 bits per heavy atom. The maximum Gasteiger partial charge on any atom is 0.322 e. The van der Waals surface area contributed by atoms with Gasteiger partial charge in [-0.2, -0.15) is 0 Å². The van der Waals surface area contributed by atoms with Gasteiger partial charge in [0, 0.05) is 13.1 Å². The van der Waals surface area contributed by atoms with Crippen molar-refractivity contribution in [2.45, 2.75) is 13.1 Å². The lowest BCUT2D eigenvalue weighted by atomic mass is 10.2. The SMILES string of the molecule is O=C(O)CN1CN(Cc2ccccc2)C(=O)N(Cc2ccccc2)C1. The Hall–Kier alpha value is -2.86. The molecule has 1 fully saturated rings. The topological polar surface area (TPSA) is 64.1 Å². The zero-order chi connectivity index (χ0) is 17.6. The molecule has 0 aliphatic carbocycles. The minimum absolute atomic E-state index is 0.0747. The maximum atomic E-state index is 12.8. The Labute approximate surface area is 146 Å². The van der Waals surface area contributed by atoms with E-state index in [-0.39, 0.29) is 12.6 Å². The number of carboxylic acid groups (broad SMARTS) is 1. The van der Waals surface area contributed by atoms with Gasteiger partial charge in [-0.25, -0.2) is 4.79 Å². The smallest absolute Gasteiger partial charge is 0.322 e. The van der Waals surface area contributed by atoms with E-state index < -0.39 is 5.97 Å². The summed E-state index contributed by atoms with van der Waals surface area (Å²) in [5, 5.41) is 9.12. The van der Waals surface area contributed by atoms with E-state index in [9.17, 15) is 9.59 Å². The lowest BCUT2D eigenvalue weighted by molar-refractivity contribution is -0.140. The monoisotopic (exact) mass is 339 g/mol. The van der Waals surface area contributed by atoms with E-state index in [2.05, 4.69) is 0 Å². The second kappa shape index (κ2) is 7.81. The number of amides is 2. The standard InChI is InChI=1S/C19H21N3O3/c23-18(24)13-20-14-21(11-16-7-3-1-4-8-16)19(25)22(15-20)12-17-9-5-2-6-10-17/h1-10H,11-15H2,(H,23,24). The van der Waals surface area contributed by atoms with Crippen molar-refractivity contribution in [3.8, 4) is 0 Å². The van der Waals surface area contributed by atoms with E-state index in [0.717, 1.165) is 11.1 Å². The predicted molar refractivity (Wildman–Crippen MR) is 93.4 cm³/mol. The largest absolute Gasteiger partial charge is 0.480 e. The highest BCUT2D eigenvalue weighted by atomic mass is 16.4. The van der Waals surface area contributed by atoms with E-state index in [4.69, 9.17) is 5.11 Å². The van der Waals surface area contributed by atoms with Crippen molar-refractivity contribution in [3.63, 3.8) is 0 Å². The van der Waals surface area contributed by atoms with Gasteiger partial charge in [-0.3, -0.25) is 9.69 Å². The summed E-state index contributed by atoms with van der Waals surface area (Å²) in [5.74, 6) is -0.895. The van der Waals surface area contributed by atoms with E-state index in [0.29, 0.717) is 26.4 Å². The van der Waals surface area contributed by atoms with E-state index in [1.54, 1.807) is 14.7 Å². The number of hydrogen-bond donors (Lipinski definition) is 1. The number of nitrogens with zero attached hydrogens (tertiary/aromatic N) is 3. The van der Waals surface area contributed by atoms with Crippen molar-refractivity contribution in [1.82, 2.24) is 14.7 Å². The van der Waals surface area contributed by atoms with Crippen LogP contribution in [0.5, 0.6) is 0 Å². The second-order valence-corrected chi connectivity index (χ2v) is 6.16. The fraction of sp³-hybridized carbons (Fsp3) is 0.263. The summed E-state index contributed by atoms with van der Waals surface area (Å²) < 4.78 is 0. The first-order valence-electron chi connectivity index (χ1n) is 8.17. The van der Waals surface area contributed by atoms with E-state index >= 15 is 0 Å². The van der Waals surface area contributed by atoms with Crippen molar-refractivity contribution in [3.05, 3.63) is 71.8 Å². The van der Waals surface area contributed by atoms with Crippen LogP contribution in [0.15, 0.2) is 60.7 Å². The first-order valence-corrected chi connectivity index (χ1v) is 8.17. The van der Waals surface area contributed by atoms with Crippen molar-refractivity contribution in [2.75, 3.05) is 19.9 Å². The average molecular weight is 339 g/mol. The van der Waals surface area contributed by atoms with Gasteiger partial charge in [0.25, 0.3) is 0 Å². The van der Waals surface area contributed by atoms with Gasteiger partial charge in [0.2, 0.25) is 0 Å². The molecular weight excluding hydrogens is 318 g/mol. The number of rotatable bonds is 6. The molecule has 130 valence electrons. The second-order valence-electron chi connectivity index (χ2n) is 6.16. The molecule has 6 nitrogen and oxygen atoms in total. The molecule has 25 heavy (non-hydrogen) atoms. The molecular formula is C19H21N3O3. The fourth-order valence-electron chi connectivity index (χ4n) is 2.98. The third-order valence-electron chi connectivity index (χ3n) is 4.07. The van der Waals surface area contributed by atoms with Crippen LogP contribution < -0.4 is 0 Å². The normalized spacial score (nSPS) is 15.4. The van der Waals surface area contributed by atoms with Gasteiger partial charge in [0.05, 0.1) is 19.9 Å². The summed E-state index contributed by atoms with van der Waals surface area (Å²) in [5.41, 5.74) is 2.04. The Kier molecular flexibility index (Phi) is 5.30. The molecule has 0 unspecified atom stereocenters. The van der Waals surface area contributed by atoms with Crippen LogP contribution in [0.25, 0.3) is 0 Å². The van der Waals surface area contributed by atoms with Crippen LogP contribution in [0.4, 0.5) is 4.79 Å². The van der Waals surface area contributed by atoms with Crippen LogP contribution in [0, 0.1) is 0 Å². The van der Waals surface area contributed by atoms with Gasteiger partial charge < -0.3 is 14.9 Å². The Bertz CT molecular complexity index is 668. The molecule has 1 aliphatic heterocycles. The molecule has 0 saturated carbocycles. The summed E-state index contributed by atoms with van der Waals surface area (Å²) in [6.45, 7) is 1.45. The first-order chi connectivity index (χ1) is 12.1. The van der Waals surface area contributed by atoms with Crippen LogP contribution in [0.2, 0.25) is 0 Å². The summed E-state index contributed by atoms with van der Waals surface area (Å²) in [6.07, 6.45) is 0. The molecule has 2 aromatic carbocycles. The Balaban J connectivity index is 1.76. The van der Waals surface area contributed by atoms with Gasteiger partial charge in [0.1, 0.15) is 0 Å². The molecule has 0 atom stereocenters. The summed E-state index contributed by atoms with van der Waals surface area (Å²) in [4.78, 5) is 29.1. The van der Waals surface area contributed by atoms with Crippen molar-refractivity contribution < 1.29 is 14.7 Å². The number of hydrogen-bond acceptors (Lipinski definition) is 3. The lowest BCUT2D eigenvalue weighted by Crippen LogP contribution is -2.58. The Morgan fingerprint density at radius 1 is 0.840 bits per heavy atom. The quantitative estimate of drug-likeness (QED) is 0.878. The zero-order valence-corrected chi connectivity index (χ0v) is 13.9. The molecule has 1 N–H and O–H groups in total. The summed E-state index contributed by atoms with van der Waals surface area (Å²) in [7, 11) is 0. The van der Waals surface area contributed by atoms with Crippen LogP contribution >= 0.6 is 0 Å². The highest BCUT2D eigenvalue weighted by Gasteiger charge is 2.31. The molecule has 0 bridgehead atoms. The highest BCUT2D eigenvalue weighted by Crippen LogP contribution is 2.17. The molecule has 0 spiro atoms. The van der Waals surface area contributed by atoms with Gasteiger partial charge in [-0.05, 0) is 11.1 Å². The van der Waals surface area contributed by atoms with Crippen LogP contribution in [0.1, 0.15) is 11.1 Å². The van der Waals surface area contributed by atoms with Crippen molar-refractivity contribution >= 4 is 12.0 Å². The lowest BCUT2D eigenvalue weighted by Gasteiger charge is -2.41. The average Bonchev–Trinajstić information content (AvgIpc) is 2.60. The molecule has 0 aromatic heterocycles. The zero-order valence-electron chi connectivity index (χ0n) is 13.9. The molecule has 1 saturated heterocycles. The third kappa shape index (κ3) is 4.58. The first kappa shape index (κ1) is 17.0. The Morgan fingerprint density at radius 2 is 1.28 bits per heavy atom. The number of carboxylic acids is 1. The minimum atomic E-state index is -0.895. The predicted octanol–water partition coefficient (Wildman–Crippen LogP) is 2.43. The number of carbonyl (C=O) groups excluding carboxylic acids is 1. The molecule has 1 heterocycles. The fourth-order valence-corrected chi connectivity index (χ4v) is 2.98.